The summed E-state index contributed by atoms with van der Waals surface area (Å²) in [5.41, 5.74) is 15.4. The van der Waals surface area contributed by atoms with E-state index in [9.17, 15) is 13.6 Å². The maximum atomic E-state index is 14.4. The van der Waals surface area contributed by atoms with Crippen molar-refractivity contribution in [2.45, 2.75) is 33.2 Å². The summed E-state index contributed by atoms with van der Waals surface area (Å²) in [5.74, 6) is 0.251. The number of carbonyl (C=O) groups excluding carboxylic acids is 1. The average molecular weight is 571 g/mol. The number of thiazole rings is 1. The van der Waals surface area contributed by atoms with E-state index in [0.717, 1.165) is 11.1 Å². The van der Waals surface area contributed by atoms with Crippen LogP contribution >= 0.6 is 11.3 Å². The first-order chi connectivity index (χ1) is 18.5. The van der Waals surface area contributed by atoms with E-state index in [4.69, 9.17) is 16.2 Å². The van der Waals surface area contributed by atoms with Crippen LogP contribution in [0.4, 0.5) is 8.78 Å². The van der Waals surface area contributed by atoms with Crippen LogP contribution in [0.3, 0.4) is 0 Å². The Morgan fingerprint density at radius 2 is 1.85 bits per heavy atom. The van der Waals surface area contributed by atoms with E-state index < -0.39 is 11.4 Å². The number of likely N-dealkylation sites (tertiary alicyclic amines) is 1. The maximum Gasteiger partial charge on any atom is 0.275 e. The molecule has 40 heavy (non-hydrogen) atoms. The lowest BCUT2D eigenvalue weighted by Gasteiger charge is -2.20. The Balaban J connectivity index is 0.000000215. The molecule has 1 aromatic carbocycles. The number of nitrogens with zero attached hydrogens (tertiary/aromatic N) is 4. The number of piperidine rings is 1. The number of aromatic nitrogens is 2. The zero-order valence-corrected chi connectivity index (χ0v) is 23.1. The fourth-order valence-corrected chi connectivity index (χ4v) is 4.89. The molecule has 8 nitrogen and oxygen atoms in total. The van der Waals surface area contributed by atoms with Gasteiger partial charge in [-0.15, -0.1) is 11.3 Å². The molecule has 214 valence electrons. The van der Waals surface area contributed by atoms with Gasteiger partial charge in [0.05, 0.1) is 29.7 Å². The van der Waals surface area contributed by atoms with Crippen molar-refractivity contribution in [1.82, 2.24) is 14.9 Å². The van der Waals surface area contributed by atoms with Crippen LogP contribution in [0.15, 0.2) is 58.1 Å². The number of halogens is 2. The Kier molecular flexibility index (Phi) is 9.75. The molecule has 3 aromatic rings. The van der Waals surface area contributed by atoms with Crippen molar-refractivity contribution in [2.75, 3.05) is 27.2 Å². The molecule has 1 saturated carbocycles. The molecule has 2 aromatic heterocycles. The van der Waals surface area contributed by atoms with Gasteiger partial charge in [0.1, 0.15) is 5.82 Å². The number of ether oxygens (including phenoxy) is 1. The Labute approximate surface area is 237 Å². The highest BCUT2D eigenvalue weighted by molar-refractivity contribution is 7.07. The van der Waals surface area contributed by atoms with Crippen molar-refractivity contribution in [3.05, 3.63) is 70.2 Å². The van der Waals surface area contributed by atoms with E-state index >= 15 is 0 Å². The minimum atomic E-state index is -0.788. The predicted molar refractivity (Wildman–Crippen MR) is 156 cm³/mol. The molecule has 0 radical (unpaired) electrons. The molecule has 2 atom stereocenters. The van der Waals surface area contributed by atoms with Gasteiger partial charge in [-0.05, 0) is 68.0 Å². The van der Waals surface area contributed by atoms with E-state index in [1.807, 2.05) is 26.0 Å². The quantitative estimate of drug-likeness (QED) is 0.402. The fourth-order valence-electron chi connectivity index (χ4n) is 4.34. The number of amides is 1. The molecule has 0 bridgehead atoms. The number of carbonyl (C=O) groups is 1. The van der Waals surface area contributed by atoms with E-state index in [1.165, 1.54) is 36.9 Å². The highest BCUT2D eigenvalue weighted by Crippen LogP contribution is 2.45. The van der Waals surface area contributed by atoms with Crippen LogP contribution in [0.5, 0.6) is 5.88 Å². The summed E-state index contributed by atoms with van der Waals surface area (Å²) in [6.45, 7) is 5.23. The smallest absolute Gasteiger partial charge is 0.275 e. The molecule has 2 aliphatic rings. The lowest BCUT2D eigenvalue weighted by Crippen LogP contribution is -2.37. The third-order valence-corrected chi connectivity index (χ3v) is 7.33. The number of fused-ring (bicyclic) bond motifs is 1. The molecule has 1 saturated heterocycles. The van der Waals surface area contributed by atoms with E-state index in [1.54, 1.807) is 35.0 Å². The van der Waals surface area contributed by atoms with Crippen LogP contribution in [0.2, 0.25) is 0 Å². The second-order valence-corrected chi connectivity index (χ2v) is 10.9. The normalized spacial score (nSPS) is 18.6. The minimum absolute atomic E-state index is 0. The van der Waals surface area contributed by atoms with Gasteiger partial charge in [-0.1, -0.05) is 7.43 Å². The summed E-state index contributed by atoms with van der Waals surface area (Å²) in [7, 11) is 2.96. The van der Waals surface area contributed by atoms with Gasteiger partial charge in [-0.2, -0.15) is 0 Å². The number of rotatable bonds is 6. The van der Waals surface area contributed by atoms with Crippen molar-refractivity contribution in [1.29, 1.82) is 0 Å². The Morgan fingerprint density at radius 3 is 2.38 bits per heavy atom. The lowest BCUT2D eigenvalue weighted by molar-refractivity contribution is -0.123. The Bertz CT molecular complexity index is 1370. The standard InChI is InChI=1S/C15H17FN2O.C13H15FN4OS.CH4/c1-15(2,17)11-8-13(18-14(9-11)19-3)10-4-6-12(16)7-5-10;1-16-12(10(14)11(15)9-5-20-6-17-9)13(19)18-3-7-2-8(7)4-18;/h4-9H,17H2,1-3H3;5-8H,2-4,15H2,1H3;1H4/b;11-10+,16-12?;. The average Bonchev–Trinajstić information content (AvgIpc) is 3.28. The Hall–Kier alpha value is -3.70. The predicted octanol–water partition coefficient (Wildman–Crippen LogP) is 5.02. The second-order valence-electron chi connectivity index (χ2n) is 10.2. The lowest BCUT2D eigenvalue weighted by atomic mass is 9.95. The van der Waals surface area contributed by atoms with Gasteiger partial charge < -0.3 is 21.1 Å². The van der Waals surface area contributed by atoms with Crippen molar-refractivity contribution >= 4 is 28.7 Å². The first kappa shape index (κ1) is 30.8. The van der Waals surface area contributed by atoms with E-state index in [-0.39, 0.29) is 30.6 Å². The van der Waals surface area contributed by atoms with Crippen molar-refractivity contribution < 1.29 is 18.3 Å². The van der Waals surface area contributed by atoms with Crippen molar-refractivity contribution in [3.8, 4) is 17.1 Å². The molecule has 1 amide bonds. The number of hydrogen-bond acceptors (Lipinski definition) is 8. The zero-order valence-electron chi connectivity index (χ0n) is 22.3. The molecule has 3 heterocycles. The minimum Gasteiger partial charge on any atom is -0.481 e. The SMILES string of the molecule is C.CN=C(C(=O)N1CC2CC2C1)/C(F)=C(\N)c1cscn1.COc1cc(C(C)(C)N)cc(-c2ccc(F)cc2)n1. The maximum absolute atomic E-state index is 14.4. The second kappa shape index (κ2) is 12.6. The molecular weight excluding hydrogens is 534 g/mol. The third kappa shape index (κ3) is 7.08. The van der Waals surface area contributed by atoms with E-state index in [0.29, 0.717) is 42.2 Å². The van der Waals surface area contributed by atoms with Gasteiger partial charge in [0.15, 0.2) is 11.5 Å². The molecule has 0 spiro atoms. The van der Waals surface area contributed by atoms with Gasteiger partial charge in [-0.3, -0.25) is 9.79 Å². The van der Waals surface area contributed by atoms with Crippen molar-refractivity contribution in [2.24, 2.45) is 28.3 Å². The summed E-state index contributed by atoms with van der Waals surface area (Å²) < 4.78 is 32.5. The number of aliphatic imine (C=N–C) groups is 1. The molecule has 4 N–H and O–H groups in total. The van der Waals surface area contributed by atoms with Gasteiger partial charge in [0, 0.05) is 42.7 Å². The number of nitrogens with two attached hydrogens (primary N) is 2. The van der Waals surface area contributed by atoms with Crippen LogP contribution in [0, 0.1) is 17.7 Å². The van der Waals surface area contributed by atoms with Crippen LogP contribution in [0.25, 0.3) is 17.0 Å². The van der Waals surface area contributed by atoms with Gasteiger partial charge in [0.25, 0.3) is 5.91 Å². The molecule has 2 fully saturated rings. The van der Waals surface area contributed by atoms with Crippen LogP contribution in [0.1, 0.15) is 39.0 Å². The van der Waals surface area contributed by atoms with Gasteiger partial charge in [0.2, 0.25) is 5.88 Å². The molecule has 1 aliphatic carbocycles. The first-order valence-corrected chi connectivity index (χ1v) is 13.4. The number of hydrogen-bond donors (Lipinski definition) is 2. The molecule has 11 heteroatoms. The van der Waals surface area contributed by atoms with Crippen molar-refractivity contribution in [3.63, 3.8) is 0 Å². The van der Waals surface area contributed by atoms with Gasteiger partial charge in [-0.25, -0.2) is 18.7 Å². The third-order valence-electron chi connectivity index (χ3n) is 6.74. The first-order valence-electron chi connectivity index (χ1n) is 12.4. The molecule has 1 aliphatic heterocycles. The number of benzene rings is 1. The van der Waals surface area contributed by atoms with Crippen LogP contribution in [-0.4, -0.2) is 53.7 Å². The molecular formula is C29H36F2N6O2S. The number of methoxy groups -OCH3 is 1. The molecule has 5 rings (SSSR count). The Morgan fingerprint density at radius 1 is 1.20 bits per heavy atom. The topological polar surface area (TPSA) is 120 Å². The van der Waals surface area contributed by atoms with Gasteiger partial charge >= 0.3 is 0 Å². The highest BCUT2D eigenvalue weighted by atomic mass is 32.1. The molecule has 2 unspecified atom stereocenters. The zero-order chi connectivity index (χ0) is 28.3. The van der Waals surface area contributed by atoms with E-state index in [2.05, 4.69) is 15.0 Å². The van der Waals surface area contributed by atoms with Crippen LogP contribution < -0.4 is 16.2 Å². The summed E-state index contributed by atoms with van der Waals surface area (Å²) in [6, 6.07) is 9.89. The summed E-state index contributed by atoms with van der Waals surface area (Å²) in [4.78, 5) is 26.1. The monoisotopic (exact) mass is 570 g/mol. The summed E-state index contributed by atoms with van der Waals surface area (Å²) in [5, 5.41) is 1.64. The van der Waals surface area contributed by atoms with Crippen LogP contribution in [-0.2, 0) is 10.3 Å². The summed E-state index contributed by atoms with van der Waals surface area (Å²) in [6.07, 6.45) is 1.18. The summed E-state index contributed by atoms with van der Waals surface area (Å²) >= 11 is 1.32. The fraction of sp³-hybridized carbons (Fsp3) is 0.379. The highest BCUT2D eigenvalue weighted by Gasteiger charge is 2.47. The largest absolute Gasteiger partial charge is 0.481 e. The number of pyridine rings is 1.